The summed E-state index contributed by atoms with van der Waals surface area (Å²) in [5.74, 6) is 1.40. The number of halogens is 1. The monoisotopic (exact) mass is 386 g/mol. The largest absolute Gasteiger partial charge is 0.492 e. The number of benzene rings is 2. The molecule has 0 aliphatic rings. The maximum Gasteiger partial charge on any atom is 0.191 e. The summed E-state index contributed by atoms with van der Waals surface area (Å²) in [7, 11) is 4.05. The highest BCUT2D eigenvalue weighted by Gasteiger charge is 2.03. The molecule has 2 N–H and O–H groups in total. The molecule has 0 aliphatic carbocycles. The zero-order chi connectivity index (χ0) is 20.4. The SMILES string of the molecule is CCNC(=NCc1cccc(OCCN(C)C)c1)NCc1ccc(F)c(C)c1. The van der Waals surface area contributed by atoms with Gasteiger partial charge in [0.05, 0.1) is 6.54 Å². The summed E-state index contributed by atoms with van der Waals surface area (Å²) in [5, 5.41) is 6.53. The molecule has 0 saturated carbocycles. The summed E-state index contributed by atoms with van der Waals surface area (Å²) < 4.78 is 19.2. The lowest BCUT2D eigenvalue weighted by Gasteiger charge is -2.13. The molecule has 2 aromatic carbocycles. The van der Waals surface area contributed by atoms with Gasteiger partial charge in [-0.15, -0.1) is 0 Å². The van der Waals surface area contributed by atoms with E-state index in [1.165, 1.54) is 6.07 Å². The van der Waals surface area contributed by atoms with Crippen LogP contribution in [0.4, 0.5) is 4.39 Å². The zero-order valence-electron chi connectivity index (χ0n) is 17.3. The molecule has 0 unspecified atom stereocenters. The molecule has 0 spiro atoms. The van der Waals surface area contributed by atoms with E-state index in [4.69, 9.17) is 4.74 Å². The molecule has 2 rings (SSSR count). The third kappa shape index (κ3) is 7.56. The van der Waals surface area contributed by atoms with Crippen molar-refractivity contribution in [3.8, 4) is 5.75 Å². The van der Waals surface area contributed by atoms with Gasteiger partial charge in [0.25, 0.3) is 0 Å². The van der Waals surface area contributed by atoms with Crippen LogP contribution in [0.5, 0.6) is 5.75 Å². The van der Waals surface area contributed by atoms with Gasteiger partial charge in [0, 0.05) is 19.6 Å². The van der Waals surface area contributed by atoms with Crippen molar-refractivity contribution in [3.63, 3.8) is 0 Å². The lowest BCUT2D eigenvalue weighted by molar-refractivity contribution is 0.261. The van der Waals surface area contributed by atoms with Gasteiger partial charge < -0.3 is 20.3 Å². The molecule has 28 heavy (non-hydrogen) atoms. The Bertz CT molecular complexity index is 777. The van der Waals surface area contributed by atoms with Crippen molar-refractivity contribution in [2.75, 3.05) is 33.8 Å². The van der Waals surface area contributed by atoms with Gasteiger partial charge in [0.15, 0.2) is 5.96 Å². The zero-order valence-corrected chi connectivity index (χ0v) is 17.3. The Labute approximate surface area is 167 Å². The molecule has 6 heteroatoms. The molecule has 0 amide bonds. The summed E-state index contributed by atoms with van der Waals surface area (Å²) >= 11 is 0. The number of aliphatic imine (C=N–C) groups is 1. The van der Waals surface area contributed by atoms with Crippen molar-refractivity contribution >= 4 is 5.96 Å². The van der Waals surface area contributed by atoms with E-state index in [0.717, 1.165) is 35.9 Å². The van der Waals surface area contributed by atoms with Gasteiger partial charge in [-0.05, 0) is 62.8 Å². The Morgan fingerprint density at radius 1 is 1.11 bits per heavy atom. The van der Waals surface area contributed by atoms with Crippen LogP contribution in [0.3, 0.4) is 0 Å². The quantitative estimate of drug-likeness (QED) is 0.513. The number of hydrogen-bond acceptors (Lipinski definition) is 3. The van der Waals surface area contributed by atoms with E-state index in [9.17, 15) is 4.39 Å². The second-order valence-corrected chi connectivity index (χ2v) is 6.93. The fourth-order valence-corrected chi connectivity index (χ4v) is 2.59. The number of nitrogens with zero attached hydrogens (tertiary/aromatic N) is 2. The fraction of sp³-hybridized carbons (Fsp3) is 0.409. The van der Waals surface area contributed by atoms with Gasteiger partial charge in [0.1, 0.15) is 18.2 Å². The van der Waals surface area contributed by atoms with Gasteiger partial charge in [-0.25, -0.2) is 9.38 Å². The lowest BCUT2D eigenvalue weighted by Crippen LogP contribution is -2.36. The number of nitrogens with one attached hydrogen (secondary N) is 2. The molecule has 0 aromatic heterocycles. The van der Waals surface area contributed by atoms with Crippen LogP contribution in [0.1, 0.15) is 23.6 Å². The van der Waals surface area contributed by atoms with Crippen molar-refractivity contribution in [1.29, 1.82) is 0 Å². The number of rotatable bonds is 9. The second kappa shape index (κ2) is 11.3. The van der Waals surface area contributed by atoms with Crippen molar-refractivity contribution < 1.29 is 9.13 Å². The molecule has 0 atom stereocenters. The molecule has 2 aromatic rings. The van der Waals surface area contributed by atoms with Crippen molar-refractivity contribution in [2.45, 2.75) is 26.9 Å². The minimum atomic E-state index is -0.183. The van der Waals surface area contributed by atoms with Crippen LogP contribution in [-0.2, 0) is 13.1 Å². The molecular weight excluding hydrogens is 355 g/mol. The molecule has 0 heterocycles. The minimum absolute atomic E-state index is 0.183. The topological polar surface area (TPSA) is 48.9 Å². The molecule has 152 valence electrons. The van der Waals surface area contributed by atoms with Gasteiger partial charge in [-0.2, -0.15) is 0 Å². The Hall–Kier alpha value is -2.60. The number of guanidine groups is 1. The van der Waals surface area contributed by atoms with Crippen LogP contribution < -0.4 is 15.4 Å². The highest BCUT2D eigenvalue weighted by molar-refractivity contribution is 5.79. The molecule has 0 bridgehead atoms. The van der Waals surface area contributed by atoms with E-state index in [0.29, 0.717) is 25.3 Å². The van der Waals surface area contributed by atoms with E-state index >= 15 is 0 Å². The predicted molar refractivity (Wildman–Crippen MR) is 113 cm³/mol. The summed E-state index contributed by atoms with van der Waals surface area (Å²) in [6.45, 7) is 7.22. The average molecular weight is 387 g/mol. The number of ether oxygens (including phenoxy) is 1. The Morgan fingerprint density at radius 2 is 1.93 bits per heavy atom. The standard InChI is InChI=1S/C22H31FN4O/c1-5-24-22(26-16-19-9-10-21(23)17(2)13-19)25-15-18-7-6-8-20(14-18)28-12-11-27(3)4/h6-10,13-14H,5,11-12,15-16H2,1-4H3,(H2,24,25,26). The van der Waals surface area contributed by atoms with Crippen LogP contribution >= 0.6 is 0 Å². The van der Waals surface area contributed by atoms with Gasteiger partial charge in [-0.1, -0.05) is 24.3 Å². The highest BCUT2D eigenvalue weighted by atomic mass is 19.1. The fourth-order valence-electron chi connectivity index (χ4n) is 2.59. The van der Waals surface area contributed by atoms with Crippen LogP contribution in [0.15, 0.2) is 47.5 Å². The van der Waals surface area contributed by atoms with E-state index in [-0.39, 0.29) is 5.82 Å². The first-order valence-electron chi connectivity index (χ1n) is 9.61. The summed E-state index contributed by atoms with van der Waals surface area (Å²) in [6, 6.07) is 13.1. The first kappa shape index (κ1) is 21.7. The van der Waals surface area contributed by atoms with Gasteiger partial charge in [-0.3, -0.25) is 0 Å². The second-order valence-electron chi connectivity index (χ2n) is 6.93. The number of hydrogen-bond donors (Lipinski definition) is 2. The molecular formula is C22H31FN4O. The molecule has 5 nitrogen and oxygen atoms in total. The van der Waals surface area contributed by atoms with Crippen LogP contribution in [-0.4, -0.2) is 44.7 Å². The summed E-state index contributed by atoms with van der Waals surface area (Å²) in [5.41, 5.74) is 2.74. The lowest BCUT2D eigenvalue weighted by atomic mass is 10.1. The Balaban J connectivity index is 1.94. The Kier molecular flexibility index (Phi) is 8.75. The third-order valence-corrected chi connectivity index (χ3v) is 4.15. The maximum absolute atomic E-state index is 13.4. The first-order chi connectivity index (χ1) is 13.5. The maximum atomic E-state index is 13.4. The first-order valence-corrected chi connectivity index (χ1v) is 9.61. The smallest absolute Gasteiger partial charge is 0.191 e. The van der Waals surface area contributed by atoms with E-state index in [1.54, 1.807) is 13.0 Å². The number of likely N-dealkylation sites (N-methyl/N-ethyl adjacent to an activating group) is 1. The Morgan fingerprint density at radius 3 is 2.64 bits per heavy atom. The van der Waals surface area contributed by atoms with E-state index in [2.05, 4.69) is 20.5 Å². The molecule has 0 aliphatic heterocycles. The third-order valence-electron chi connectivity index (χ3n) is 4.15. The molecule has 0 radical (unpaired) electrons. The summed E-state index contributed by atoms with van der Waals surface area (Å²) in [6.07, 6.45) is 0. The van der Waals surface area contributed by atoms with Crippen LogP contribution in [0, 0.1) is 12.7 Å². The van der Waals surface area contributed by atoms with E-state index in [1.807, 2.05) is 51.4 Å². The minimum Gasteiger partial charge on any atom is -0.492 e. The van der Waals surface area contributed by atoms with Gasteiger partial charge in [0.2, 0.25) is 0 Å². The normalized spacial score (nSPS) is 11.6. The van der Waals surface area contributed by atoms with E-state index < -0.39 is 0 Å². The van der Waals surface area contributed by atoms with Crippen molar-refractivity contribution in [2.24, 2.45) is 4.99 Å². The highest BCUT2D eigenvalue weighted by Crippen LogP contribution is 2.14. The van der Waals surface area contributed by atoms with Crippen molar-refractivity contribution in [3.05, 3.63) is 65.0 Å². The van der Waals surface area contributed by atoms with Gasteiger partial charge >= 0.3 is 0 Å². The van der Waals surface area contributed by atoms with Crippen LogP contribution in [0.25, 0.3) is 0 Å². The molecule has 0 fully saturated rings. The van der Waals surface area contributed by atoms with Crippen LogP contribution in [0.2, 0.25) is 0 Å². The number of aryl methyl sites for hydroxylation is 1. The average Bonchev–Trinajstić information content (AvgIpc) is 2.67. The van der Waals surface area contributed by atoms with Crippen molar-refractivity contribution in [1.82, 2.24) is 15.5 Å². The summed E-state index contributed by atoms with van der Waals surface area (Å²) in [4.78, 5) is 6.73. The molecule has 0 saturated heterocycles. The predicted octanol–water partition coefficient (Wildman–Crippen LogP) is 3.33.